The summed E-state index contributed by atoms with van der Waals surface area (Å²) < 4.78 is 14.3. The molecular formula is C11H15BrFN. The molecule has 0 saturated carbocycles. The first-order valence-electron chi connectivity index (χ1n) is 4.53. The molecule has 14 heavy (non-hydrogen) atoms. The van der Waals surface area contributed by atoms with Gasteiger partial charge in [0.15, 0.2) is 0 Å². The average Bonchev–Trinajstić information content (AvgIpc) is 2.01. The first kappa shape index (κ1) is 11.7. The lowest BCUT2D eigenvalue weighted by molar-refractivity contribution is 0.319. The third kappa shape index (κ3) is 2.55. The van der Waals surface area contributed by atoms with Crippen LogP contribution in [0.2, 0.25) is 0 Å². The normalized spacial score (nSPS) is 14.1. The number of rotatable bonds is 1. The lowest BCUT2D eigenvalue weighted by atomic mass is 9.83. The third-order valence-electron chi connectivity index (χ3n) is 2.23. The molecule has 1 nitrogen and oxygen atoms in total. The molecule has 0 aliphatic heterocycles. The fraction of sp³-hybridized carbons (Fsp3) is 0.455. The van der Waals surface area contributed by atoms with Gasteiger partial charge in [-0.3, -0.25) is 0 Å². The van der Waals surface area contributed by atoms with Crippen LogP contribution in [-0.4, -0.2) is 0 Å². The van der Waals surface area contributed by atoms with Crippen LogP contribution in [0.1, 0.15) is 32.4 Å². The first-order chi connectivity index (χ1) is 6.32. The van der Waals surface area contributed by atoms with Gasteiger partial charge in [-0.05, 0) is 17.5 Å². The number of nitrogens with two attached hydrogens (primary N) is 1. The predicted octanol–water partition coefficient (Wildman–Crippen LogP) is 3.63. The van der Waals surface area contributed by atoms with E-state index in [9.17, 15) is 4.39 Å². The molecule has 0 aliphatic rings. The van der Waals surface area contributed by atoms with Crippen molar-refractivity contribution in [3.05, 3.63) is 34.1 Å². The molecule has 0 fully saturated rings. The van der Waals surface area contributed by atoms with Crippen LogP contribution in [0.5, 0.6) is 0 Å². The number of benzene rings is 1. The van der Waals surface area contributed by atoms with Crippen LogP contribution in [0.4, 0.5) is 4.39 Å². The molecule has 0 bridgehead atoms. The fourth-order valence-corrected chi connectivity index (χ4v) is 1.55. The van der Waals surface area contributed by atoms with E-state index in [1.165, 1.54) is 6.07 Å². The summed E-state index contributed by atoms with van der Waals surface area (Å²) in [7, 11) is 0. The van der Waals surface area contributed by atoms with Gasteiger partial charge >= 0.3 is 0 Å². The molecule has 1 atom stereocenters. The predicted molar refractivity (Wildman–Crippen MR) is 60.5 cm³/mol. The van der Waals surface area contributed by atoms with Crippen LogP contribution < -0.4 is 5.73 Å². The maximum atomic E-state index is 13.5. The molecule has 0 radical (unpaired) electrons. The van der Waals surface area contributed by atoms with Crippen LogP contribution in [0.25, 0.3) is 0 Å². The minimum absolute atomic E-state index is 0.130. The van der Waals surface area contributed by atoms with Crippen molar-refractivity contribution in [3.63, 3.8) is 0 Å². The van der Waals surface area contributed by atoms with Gasteiger partial charge in [0.05, 0.1) is 0 Å². The van der Waals surface area contributed by atoms with Gasteiger partial charge < -0.3 is 5.73 Å². The van der Waals surface area contributed by atoms with E-state index in [0.29, 0.717) is 5.56 Å². The van der Waals surface area contributed by atoms with E-state index in [1.807, 2.05) is 26.8 Å². The number of halogens is 2. The van der Waals surface area contributed by atoms with Gasteiger partial charge in [0.1, 0.15) is 5.82 Å². The van der Waals surface area contributed by atoms with Crippen molar-refractivity contribution >= 4 is 15.9 Å². The maximum Gasteiger partial charge on any atom is 0.129 e. The summed E-state index contributed by atoms with van der Waals surface area (Å²) in [5.41, 5.74) is 6.41. The molecule has 1 aromatic rings. The zero-order valence-corrected chi connectivity index (χ0v) is 10.2. The van der Waals surface area contributed by atoms with Crippen LogP contribution >= 0.6 is 15.9 Å². The quantitative estimate of drug-likeness (QED) is 0.819. The van der Waals surface area contributed by atoms with Crippen LogP contribution in [0.15, 0.2) is 22.7 Å². The monoisotopic (exact) mass is 259 g/mol. The smallest absolute Gasteiger partial charge is 0.129 e. The summed E-state index contributed by atoms with van der Waals surface area (Å²) in [5, 5.41) is 0. The number of hydrogen-bond acceptors (Lipinski definition) is 1. The number of hydrogen-bond donors (Lipinski definition) is 1. The molecule has 3 heteroatoms. The van der Waals surface area contributed by atoms with Crippen molar-refractivity contribution in [2.45, 2.75) is 26.8 Å². The average molecular weight is 260 g/mol. The highest BCUT2D eigenvalue weighted by atomic mass is 79.9. The molecule has 78 valence electrons. The maximum absolute atomic E-state index is 13.5. The largest absolute Gasteiger partial charge is 0.323 e. The standard InChI is InChI=1S/C11H15BrFN/c1-11(2,3)10(14)8-5-4-7(12)6-9(8)13/h4-6,10H,14H2,1-3H3. The van der Waals surface area contributed by atoms with Crippen LogP contribution in [0.3, 0.4) is 0 Å². The summed E-state index contributed by atoms with van der Waals surface area (Å²) >= 11 is 3.22. The lowest BCUT2D eigenvalue weighted by Crippen LogP contribution is -2.27. The van der Waals surface area contributed by atoms with Crippen LogP contribution in [-0.2, 0) is 0 Å². The molecule has 0 aliphatic carbocycles. The molecule has 2 N–H and O–H groups in total. The van der Waals surface area contributed by atoms with E-state index in [2.05, 4.69) is 15.9 Å². The van der Waals surface area contributed by atoms with Crippen molar-refractivity contribution in [2.24, 2.45) is 11.1 Å². The van der Waals surface area contributed by atoms with E-state index in [4.69, 9.17) is 5.73 Å². The topological polar surface area (TPSA) is 26.0 Å². The Morgan fingerprint density at radius 3 is 2.36 bits per heavy atom. The minimum atomic E-state index is -0.282. The highest BCUT2D eigenvalue weighted by Gasteiger charge is 2.24. The van der Waals surface area contributed by atoms with Crippen molar-refractivity contribution in [1.29, 1.82) is 0 Å². The second-order valence-corrected chi connectivity index (χ2v) is 5.43. The molecule has 0 aromatic heterocycles. The van der Waals surface area contributed by atoms with E-state index in [0.717, 1.165) is 4.47 Å². The Hall–Kier alpha value is -0.410. The zero-order chi connectivity index (χ0) is 10.9. The molecule has 1 aromatic carbocycles. The van der Waals surface area contributed by atoms with Gasteiger partial charge in [0.25, 0.3) is 0 Å². The summed E-state index contributed by atoms with van der Waals surface area (Å²) in [4.78, 5) is 0. The Kier molecular flexibility index (Phi) is 3.32. The Morgan fingerprint density at radius 2 is 1.93 bits per heavy atom. The lowest BCUT2D eigenvalue weighted by Gasteiger charge is -2.27. The Labute approximate surface area is 92.6 Å². The molecule has 0 heterocycles. The van der Waals surface area contributed by atoms with E-state index < -0.39 is 0 Å². The Bertz CT molecular complexity index is 331. The van der Waals surface area contributed by atoms with Gasteiger partial charge in [-0.25, -0.2) is 4.39 Å². The molecule has 0 saturated heterocycles. The van der Waals surface area contributed by atoms with E-state index in [-0.39, 0.29) is 17.3 Å². The van der Waals surface area contributed by atoms with E-state index in [1.54, 1.807) is 6.07 Å². The SMILES string of the molecule is CC(C)(C)C(N)c1ccc(Br)cc1F. The fourth-order valence-electron chi connectivity index (χ4n) is 1.22. The highest BCUT2D eigenvalue weighted by Crippen LogP contribution is 2.32. The summed E-state index contributed by atoms with van der Waals surface area (Å²) in [6.07, 6.45) is 0. The van der Waals surface area contributed by atoms with Crippen molar-refractivity contribution < 1.29 is 4.39 Å². The molecule has 1 unspecified atom stereocenters. The third-order valence-corrected chi connectivity index (χ3v) is 2.72. The summed E-state index contributed by atoms with van der Waals surface area (Å²) in [6.45, 7) is 6.00. The summed E-state index contributed by atoms with van der Waals surface area (Å²) in [6, 6.07) is 4.70. The molecular weight excluding hydrogens is 245 g/mol. The van der Waals surface area contributed by atoms with Gasteiger partial charge in [-0.1, -0.05) is 42.8 Å². The van der Waals surface area contributed by atoms with Gasteiger partial charge in [-0.2, -0.15) is 0 Å². The van der Waals surface area contributed by atoms with Gasteiger partial charge in [0.2, 0.25) is 0 Å². The molecule has 0 spiro atoms. The second-order valence-electron chi connectivity index (χ2n) is 4.51. The van der Waals surface area contributed by atoms with Crippen molar-refractivity contribution in [1.82, 2.24) is 0 Å². The Morgan fingerprint density at radius 1 is 1.36 bits per heavy atom. The summed E-state index contributed by atoms with van der Waals surface area (Å²) in [5.74, 6) is -0.248. The van der Waals surface area contributed by atoms with E-state index >= 15 is 0 Å². The minimum Gasteiger partial charge on any atom is -0.323 e. The zero-order valence-electron chi connectivity index (χ0n) is 8.64. The van der Waals surface area contributed by atoms with Crippen molar-refractivity contribution in [3.8, 4) is 0 Å². The molecule has 1 rings (SSSR count). The second kappa shape index (κ2) is 3.99. The van der Waals surface area contributed by atoms with Crippen LogP contribution in [0, 0.1) is 11.2 Å². The first-order valence-corrected chi connectivity index (χ1v) is 5.32. The van der Waals surface area contributed by atoms with Crippen molar-refractivity contribution in [2.75, 3.05) is 0 Å². The van der Waals surface area contributed by atoms with Gasteiger partial charge in [-0.15, -0.1) is 0 Å². The Balaban J connectivity index is 3.08. The van der Waals surface area contributed by atoms with Gasteiger partial charge in [0, 0.05) is 16.1 Å². The highest BCUT2D eigenvalue weighted by molar-refractivity contribution is 9.10. The molecule has 0 amide bonds.